The molecule has 0 aliphatic rings. The molecule has 3 rings (SSSR count). The van der Waals surface area contributed by atoms with Crippen LogP contribution in [0.2, 0.25) is 5.02 Å². The Bertz CT molecular complexity index is 899. The third kappa shape index (κ3) is 2.92. The van der Waals surface area contributed by atoms with Crippen LogP contribution in [0.15, 0.2) is 56.6 Å². The van der Waals surface area contributed by atoms with Crippen LogP contribution in [0.5, 0.6) is 0 Å². The average Bonchev–Trinajstić information content (AvgIpc) is 2.50. The molecule has 0 saturated heterocycles. The molecule has 0 bridgehead atoms. The standard InChI is InChI=1S/C18H15ClO2S/c1-11-7-8-14-13(9-17(20)21-18(14)12(11)2)10-22-16-6-4-3-5-15(16)19/h3-9H,10H2,1-2H3. The molecule has 22 heavy (non-hydrogen) atoms. The minimum Gasteiger partial charge on any atom is -0.422 e. The van der Waals surface area contributed by atoms with Crippen molar-refractivity contribution in [2.45, 2.75) is 24.5 Å². The van der Waals surface area contributed by atoms with Crippen LogP contribution in [0.25, 0.3) is 11.0 Å². The molecule has 0 amide bonds. The van der Waals surface area contributed by atoms with Crippen molar-refractivity contribution in [2.75, 3.05) is 0 Å². The lowest BCUT2D eigenvalue weighted by Crippen LogP contribution is -2.01. The van der Waals surface area contributed by atoms with Gasteiger partial charge in [0.2, 0.25) is 0 Å². The first kappa shape index (κ1) is 15.2. The van der Waals surface area contributed by atoms with Gasteiger partial charge in [-0.1, -0.05) is 35.9 Å². The summed E-state index contributed by atoms with van der Waals surface area (Å²) in [6.45, 7) is 3.99. The van der Waals surface area contributed by atoms with Gasteiger partial charge in [0.15, 0.2) is 0 Å². The van der Waals surface area contributed by atoms with Gasteiger partial charge in [-0.2, -0.15) is 0 Å². The van der Waals surface area contributed by atoms with E-state index in [1.807, 2.05) is 44.2 Å². The number of hydrogen-bond donors (Lipinski definition) is 0. The molecule has 3 aromatic rings. The molecule has 0 fully saturated rings. The van der Waals surface area contributed by atoms with Crippen molar-refractivity contribution in [1.82, 2.24) is 0 Å². The Balaban J connectivity index is 2.02. The van der Waals surface area contributed by atoms with E-state index in [2.05, 4.69) is 6.07 Å². The van der Waals surface area contributed by atoms with Crippen molar-refractivity contribution in [3.63, 3.8) is 0 Å². The van der Waals surface area contributed by atoms with Gasteiger partial charge in [0, 0.05) is 22.1 Å². The summed E-state index contributed by atoms with van der Waals surface area (Å²) in [7, 11) is 0. The zero-order valence-corrected chi connectivity index (χ0v) is 13.9. The van der Waals surface area contributed by atoms with Crippen molar-refractivity contribution >= 4 is 34.3 Å². The molecular weight excluding hydrogens is 316 g/mol. The van der Waals surface area contributed by atoms with Crippen LogP contribution in [0.1, 0.15) is 16.7 Å². The van der Waals surface area contributed by atoms with Crippen molar-refractivity contribution in [2.24, 2.45) is 0 Å². The van der Waals surface area contributed by atoms with Crippen LogP contribution in [-0.4, -0.2) is 0 Å². The normalized spacial score (nSPS) is 11.0. The van der Waals surface area contributed by atoms with Gasteiger partial charge < -0.3 is 4.42 Å². The van der Waals surface area contributed by atoms with Crippen molar-refractivity contribution in [3.8, 4) is 0 Å². The van der Waals surface area contributed by atoms with Crippen molar-refractivity contribution < 1.29 is 4.42 Å². The van der Waals surface area contributed by atoms with E-state index in [9.17, 15) is 4.79 Å². The zero-order chi connectivity index (χ0) is 15.7. The first-order valence-corrected chi connectivity index (χ1v) is 8.33. The maximum absolute atomic E-state index is 11.8. The highest BCUT2D eigenvalue weighted by Crippen LogP contribution is 2.32. The zero-order valence-electron chi connectivity index (χ0n) is 12.4. The van der Waals surface area contributed by atoms with Gasteiger partial charge in [0.25, 0.3) is 0 Å². The van der Waals surface area contributed by atoms with Crippen LogP contribution < -0.4 is 5.63 Å². The van der Waals surface area contributed by atoms with Crippen LogP contribution in [0.4, 0.5) is 0 Å². The SMILES string of the molecule is Cc1ccc2c(CSc3ccccc3Cl)cc(=O)oc2c1C. The number of benzene rings is 2. The average molecular weight is 331 g/mol. The molecule has 0 aliphatic heterocycles. The number of halogens is 1. The van der Waals surface area contributed by atoms with E-state index in [1.54, 1.807) is 17.8 Å². The molecule has 2 aromatic carbocycles. The summed E-state index contributed by atoms with van der Waals surface area (Å²) in [5, 5.41) is 1.72. The van der Waals surface area contributed by atoms with E-state index in [4.69, 9.17) is 16.0 Å². The number of aryl methyl sites for hydroxylation is 2. The van der Waals surface area contributed by atoms with E-state index in [1.165, 1.54) is 0 Å². The number of rotatable bonds is 3. The molecule has 0 aliphatic carbocycles. The Morgan fingerprint density at radius 2 is 1.91 bits per heavy atom. The third-order valence-corrected chi connectivity index (χ3v) is 5.30. The smallest absolute Gasteiger partial charge is 0.336 e. The Labute approximate surface area is 138 Å². The molecule has 112 valence electrons. The van der Waals surface area contributed by atoms with Crippen molar-refractivity contribution in [3.05, 3.63) is 74.6 Å². The fourth-order valence-electron chi connectivity index (χ4n) is 2.36. The summed E-state index contributed by atoms with van der Waals surface area (Å²) >= 11 is 7.81. The third-order valence-electron chi connectivity index (χ3n) is 3.74. The minimum atomic E-state index is -0.309. The Kier molecular flexibility index (Phi) is 4.27. The summed E-state index contributed by atoms with van der Waals surface area (Å²) < 4.78 is 5.40. The van der Waals surface area contributed by atoms with Gasteiger partial charge in [0.1, 0.15) is 5.58 Å². The largest absolute Gasteiger partial charge is 0.422 e. The molecule has 2 nitrogen and oxygen atoms in total. The molecule has 0 unspecified atom stereocenters. The number of fused-ring (bicyclic) bond motifs is 1. The minimum absolute atomic E-state index is 0.309. The lowest BCUT2D eigenvalue weighted by Gasteiger charge is -2.09. The van der Waals surface area contributed by atoms with E-state index in [0.717, 1.165) is 32.0 Å². The highest BCUT2D eigenvalue weighted by atomic mass is 35.5. The van der Waals surface area contributed by atoms with E-state index < -0.39 is 0 Å². The Morgan fingerprint density at radius 3 is 2.68 bits per heavy atom. The Hall–Kier alpha value is -1.71. The molecule has 4 heteroatoms. The molecule has 1 aromatic heterocycles. The maximum Gasteiger partial charge on any atom is 0.336 e. The summed E-state index contributed by atoms with van der Waals surface area (Å²) in [6.07, 6.45) is 0. The monoisotopic (exact) mass is 330 g/mol. The first-order chi connectivity index (χ1) is 10.6. The second-order valence-corrected chi connectivity index (χ2v) is 6.62. The first-order valence-electron chi connectivity index (χ1n) is 6.96. The second-order valence-electron chi connectivity index (χ2n) is 5.19. The molecular formula is C18H15ClO2S. The van der Waals surface area contributed by atoms with E-state index in [0.29, 0.717) is 11.3 Å². The molecule has 0 saturated carbocycles. The van der Waals surface area contributed by atoms with Gasteiger partial charge in [-0.15, -0.1) is 11.8 Å². The summed E-state index contributed by atoms with van der Waals surface area (Å²) in [5.41, 5.74) is 3.48. The second kappa shape index (κ2) is 6.19. The van der Waals surface area contributed by atoms with Gasteiger partial charge >= 0.3 is 5.63 Å². The van der Waals surface area contributed by atoms with Crippen molar-refractivity contribution in [1.29, 1.82) is 0 Å². The molecule has 0 N–H and O–H groups in total. The number of thioether (sulfide) groups is 1. The topological polar surface area (TPSA) is 30.2 Å². The lowest BCUT2D eigenvalue weighted by molar-refractivity contribution is 0.557. The number of hydrogen-bond acceptors (Lipinski definition) is 3. The molecule has 0 spiro atoms. The fraction of sp³-hybridized carbons (Fsp3) is 0.167. The molecule has 1 heterocycles. The van der Waals surface area contributed by atoms with E-state index >= 15 is 0 Å². The van der Waals surface area contributed by atoms with E-state index in [-0.39, 0.29) is 5.63 Å². The fourth-order valence-corrected chi connectivity index (χ4v) is 3.59. The predicted molar refractivity (Wildman–Crippen MR) is 93.0 cm³/mol. The quantitative estimate of drug-likeness (QED) is 0.478. The van der Waals surface area contributed by atoms with Crippen LogP contribution in [0.3, 0.4) is 0 Å². The highest BCUT2D eigenvalue weighted by molar-refractivity contribution is 7.98. The summed E-state index contributed by atoms with van der Waals surface area (Å²) in [5.74, 6) is 0.675. The summed E-state index contributed by atoms with van der Waals surface area (Å²) in [6, 6.07) is 13.4. The van der Waals surface area contributed by atoms with Gasteiger partial charge in [-0.3, -0.25) is 0 Å². The molecule has 0 radical (unpaired) electrons. The van der Waals surface area contributed by atoms with Crippen LogP contribution in [0, 0.1) is 13.8 Å². The van der Waals surface area contributed by atoms with Crippen LogP contribution in [-0.2, 0) is 5.75 Å². The Morgan fingerprint density at radius 1 is 1.14 bits per heavy atom. The van der Waals surface area contributed by atoms with Gasteiger partial charge in [-0.05, 0) is 42.7 Å². The highest BCUT2D eigenvalue weighted by Gasteiger charge is 2.10. The lowest BCUT2D eigenvalue weighted by atomic mass is 10.0. The maximum atomic E-state index is 11.8. The van der Waals surface area contributed by atoms with Gasteiger partial charge in [0.05, 0.1) is 5.02 Å². The predicted octanol–water partition coefficient (Wildman–Crippen LogP) is 5.36. The summed E-state index contributed by atoms with van der Waals surface area (Å²) in [4.78, 5) is 12.9. The van der Waals surface area contributed by atoms with Crippen LogP contribution >= 0.6 is 23.4 Å². The van der Waals surface area contributed by atoms with Gasteiger partial charge in [-0.25, -0.2) is 4.79 Å². The molecule has 0 atom stereocenters.